The highest BCUT2D eigenvalue weighted by molar-refractivity contribution is 9.10. The third kappa shape index (κ3) is 2.47. The number of rotatable bonds is 3. The fourth-order valence-electron chi connectivity index (χ4n) is 1.88. The van der Waals surface area contributed by atoms with Crippen LogP contribution in [0.15, 0.2) is 23.2 Å². The topological polar surface area (TPSA) is 60.7 Å². The minimum Gasteiger partial charge on any atom is -0.376 e. The van der Waals surface area contributed by atoms with E-state index in [0.29, 0.717) is 26.4 Å². The molecule has 2 aromatic heterocycles. The largest absolute Gasteiger partial charge is 0.376 e. The van der Waals surface area contributed by atoms with Crippen molar-refractivity contribution in [3.63, 3.8) is 0 Å². The van der Waals surface area contributed by atoms with Gasteiger partial charge in [0.25, 0.3) is 0 Å². The van der Waals surface area contributed by atoms with Crippen molar-refractivity contribution < 1.29 is 9.47 Å². The van der Waals surface area contributed by atoms with Crippen molar-refractivity contribution in [2.24, 2.45) is 0 Å². The molecule has 1 aliphatic rings. The van der Waals surface area contributed by atoms with Crippen LogP contribution < -0.4 is 5.32 Å². The monoisotopic (exact) mass is 312 g/mol. The van der Waals surface area contributed by atoms with Crippen molar-refractivity contribution in [1.29, 1.82) is 0 Å². The molecule has 1 fully saturated rings. The number of nitrogens with zero attached hydrogens (tertiary/aromatic N) is 3. The second-order valence-corrected chi connectivity index (χ2v) is 4.83. The fraction of sp³-hybridized carbons (Fsp3) is 0.455. The Morgan fingerprint density at radius 2 is 2.44 bits per heavy atom. The van der Waals surface area contributed by atoms with Crippen LogP contribution in [0.2, 0.25) is 0 Å². The van der Waals surface area contributed by atoms with Crippen molar-refractivity contribution in [2.45, 2.75) is 6.10 Å². The van der Waals surface area contributed by atoms with Crippen LogP contribution in [-0.4, -0.2) is 46.8 Å². The summed E-state index contributed by atoms with van der Waals surface area (Å²) in [5.74, 6) is 0.739. The molecule has 0 radical (unpaired) electrons. The van der Waals surface area contributed by atoms with Crippen molar-refractivity contribution in [3.05, 3.63) is 23.2 Å². The third-order valence-corrected chi connectivity index (χ3v) is 3.11. The number of ether oxygens (including phenoxy) is 2. The molecule has 0 aromatic carbocycles. The Labute approximate surface area is 112 Å². The number of hydrogen-bond donors (Lipinski definition) is 1. The summed E-state index contributed by atoms with van der Waals surface area (Å²) in [6, 6.07) is 0. The average Bonchev–Trinajstić information content (AvgIpc) is 2.85. The Balaban J connectivity index is 1.75. The van der Waals surface area contributed by atoms with E-state index in [-0.39, 0.29) is 6.10 Å². The number of imidazole rings is 1. The highest BCUT2D eigenvalue weighted by Crippen LogP contribution is 2.17. The Morgan fingerprint density at radius 1 is 1.50 bits per heavy atom. The molecule has 0 bridgehead atoms. The van der Waals surface area contributed by atoms with Gasteiger partial charge in [-0.15, -0.1) is 0 Å². The molecule has 1 N–H and O–H groups in total. The number of hydrogen-bond acceptors (Lipinski definition) is 5. The van der Waals surface area contributed by atoms with Crippen LogP contribution >= 0.6 is 15.9 Å². The predicted octanol–water partition coefficient (Wildman–Crippen LogP) is 1.32. The van der Waals surface area contributed by atoms with Gasteiger partial charge in [-0.25, -0.2) is 9.97 Å². The molecule has 3 rings (SSSR count). The van der Waals surface area contributed by atoms with Gasteiger partial charge < -0.3 is 19.2 Å². The molecule has 0 spiro atoms. The zero-order valence-corrected chi connectivity index (χ0v) is 11.3. The quantitative estimate of drug-likeness (QED) is 0.926. The summed E-state index contributed by atoms with van der Waals surface area (Å²) in [5.41, 5.74) is 0.801. The van der Waals surface area contributed by atoms with Crippen molar-refractivity contribution >= 4 is 27.4 Å². The third-order valence-electron chi connectivity index (χ3n) is 2.73. The lowest BCUT2D eigenvalue weighted by Crippen LogP contribution is -2.34. The second kappa shape index (κ2) is 5.21. The number of aromatic nitrogens is 3. The molecule has 7 heteroatoms. The SMILES string of the molecule is Brc1cn2ccnc2c(NCC2COCCO2)n1. The van der Waals surface area contributed by atoms with Crippen molar-refractivity contribution in [2.75, 3.05) is 31.7 Å². The molecule has 0 aliphatic carbocycles. The lowest BCUT2D eigenvalue weighted by atomic mass is 10.3. The summed E-state index contributed by atoms with van der Waals surface area (Å²) in [6.07, 6.45) is 5.56. The van der Waals surface area contributed by atoms with E-state index in [4.69, 9.17) is 9.47 Å². The Kier molecular flexibility index (Phi) is 3.44. The lowest BCUT2D eigenvalue weighted by molar-refractivity contribution is -0.0819. The van der Waals surface area contributed by atoms with E-state index in [1.807, 2.05) is 16.8 Å². The van der Waals surface area contributed by atoms with E-state index in [9.17, 15) is 0 Å². The van der Waals surface area contributed by atoms with Crippen LogP contribution in [0.5, 0.6) is 0 Å². The summed E-state index contributed by atoms with van der Waals surface area (Å²) in [5, 5.41) is 3.25. The molecule has 1 saturated heterocycles. The smallest absolute Gasteiger partial charge is 0.180 e. The Morgan fingerprint density at radius 3 is 3.28 bits per heavy atom. The van der Waals surface area contributed by atoms with Crippen LogP contribution in [0, 0.1) is 0 Å². The highest BCUT2D eigenvalue weighted by atomic mass is 79.9. The van der Waals surface area contributed by atoms with Crippen molar-refractivity contribution in [3.8, 4) is 0 Å². The highest BCUT2D eigenvalue weighted by Gasteiger charge is 2.15. The van der Waals surface area contributed by atoms with Gasteiger partial charge in [-0.2, -0.15) is 0 Å². The lowest BCUT2D eigenvalue weighted by Gasteiger charge is -2.23. The minimum absolute atomic E-state index is 0.0644. The summed E-state index contributed by atoms with van der Waals surface area (Å²) in [4.78, 5) is 8.65. The van der Waals surface area contributed by atoms with Crippen molar-refractivity contribution in [1.82, 2.24) is 14.4 Å². The van der Waals surface area contributed by atoms with Gasteiger partial charge in [0.2, 0.25) is 0 Å². The molecule has 1 aliphatic heterocycles. The van der Waals surface area contributed by atoms with Gasteiger partial charge in [0.1, 0.15) is 4.60 Å². The van der Waals surface area contributed by atoms with Crippen LogP contribution in [0.25, 0.3) is 5.65 Å². The van der Waals surface area contributed by atoms with E-state index in [1.54, 1.807) is 6.20 Å². The summed E-state index contributed by atoms with van der Waals surface area (Å²) >= 11 is 3.38. The number of fused-ring (bicyclic) bond motifs is 1. The second-order valence-electron chi connectivity index (χ2n) is 4.02. The number of halogens is 1. The maximum atomic E-state index is 5.57. The standard InChI is InChI=1S/C11H13BrN4O2/c12-9-6-16-2-1-13-11(16)10(15-9)14-5-8-7-17-3-4-18-8/h1-2,6,8H,3-5,7H2,(H,14,15). The van der Waals surface area contributed by atoms with Gasteiger partial charge >= 0.3 is 0 Å². The first-order valence-corrected chi connectivity index (χ1v) is 6.54. The van der Waals surface area contributed by atoms with E-state index < -0.39 is 0 Å². The average molecular weight is 313 g/mol. The van der Waals surface area contributed by atoms with Gasteiger partial charge in [-0.05, 0) is 15.9 Å². The number of nitrogens with one attached hydrogen (secondary N) is 1. The fourth-order valence-corrected chi connectivity index (χ4v) is 2.28. The Bertz CT molecular complexity index is 539. The van der Waals surface area contributed by atoms with Gasteiger partial charge in [0, 0.05) is 25.1 Å². The maximum absolute atomic E-state index is 5.57. The predicted molar refractivity (Wildman–Crippen MR) is 69.7 cm³/mol. The molecular formula is C11H13BrN4O2. The molecule has 3 heterocycles. The first-order valence-electron chi connectivity index (χ1n) is 5.75. The molecule has 18 heavy (non-hydrogen) atoms. The van der Waals surface area contributed by atoms with Crippen LogP contribution in [0.1, 0.15) is 0 Å². The molecule has 96 valence electrons. The van der Waals surface area contributed by atoms with Gasteiger partial charge in [-0.3, -0.25) is 0 Å². The first-order chi connectivity index (χ1) is 8.83. The van der Waals surface area contributed by atoms with E-state index in [0.717, 1.165) is 16.1 Å². The van der Waals surface area contributed by atoms with E-state index in [2.05, 4.69) is 31.2 Å². The summed E-state index contributed by atoms with van der Waals surface area (Å²) in [6.45, 7) is 2.60. The van der Waals surface area contributed by atoms with Gasteiger partial charge in [-0.1, -0.05) is 0 Å². The number of anilines is 1. The zero-order chi connectivity index (χ0) is 12.4. The van der Waals surface area contributed by atoms with Crippen LogP contribution in [-0.2, 0) is 9.47 Å². The Hall–Kier alpha value is -1.18. The van der Waals surface area contributed by atoms with Crippen LogP contribution in [0.3, 0.4) is 0 Å². The summed E-state index contributed by atoms with van der Waals surface area (Å²) < 4.78 is 13.6. The molecule has 0 amide bonds. The maximum Gasteiger partial charge on any atom is 0.180 e. The molecule has 2 aromatic rings. The minimum atomic E-state index is 0.0644. The molecule has 6 nitrogen and oxygen atoms in total. The van der Waals surface area contributed by atoms with E-state index >= 15 is 0 Å². The molecule has 1 atom stereocenters. The summed E-state index contributed by atoms with van der Waals surface area (Å²) in [7, 11) is 0. The van der Waals surface area contributed by atoms with Gasteiger partial charge in [0.15, 0.2) is 11.5 Å². The molecule has 0 saturated carbocycles. The van der Waals surface area contributed by atoms with Gasteiger partial charge in [0.05, 0.1) is 25.9 Å². The first kappa shape index (κ1) is 11.9. The molecular weight excluding hydrogens is 300 g/mol. The molecule has 1 unspecified atom stereocenters. The van der Waals surface area contributed by atoms with Crippen LogP contribution in [0.4, 0.5) is 5.82 Å². The van der Waals surface area contributed by atoms with E-state index in [1.165, 1.54) is 0 Å². The normalized spacial score (nSPS) is 20.2. The zero-order valence-electron chi connectivity index (χ0n) is 9.67.